The Morgan fingerprint density at radius 1 is 1.35 bits per heavy atom. The first kappa shape index (κ1) is 12.4. The van der Waals surface area contributed by atoms with Crippen LogP contribution in [0.25, 0.3) is 0 Å². The van der Waals surface area contributed by atoms with Crippen LogP contribution in [0.4, 0.5) is 11.6 Å². The van der Waals surface area contributed by atoms with Crippen LogP contribution in [-0.2, 0) is 0 Å². The van der Waals surface area contributed by atoms with Crippen molar-refractivity contribution < 1.29 is 0 Å². The average Bonchev–Trinajstić information content (AvgIpc) is 3.15. The summed E-state index contributed by atoms with van der Waals surface area (Å²) >= 11 is 1.81. The van der Waals surface area contributed by atoms with Gasteiger partial charge in [-0.15, -0.1) is 0 Å². The number of thioether (sulfide) groups is 1. The van der Waals surface area contributed by atoms with Gasteiger partial charge in [-0.3, -0.25) is 0 Å². The number of hydrogen-bond acceptors (Lipinski definition) is 6. The van der Waals surface area contributed by atoms with E-state index in [2.05, 4.69) is 27.0 Å². The number of nitrogen functional groups attached to an aromatic ring is 1. The quantitative estimate of drug-likeness (QED) is 0.407. The van der Waals surface area contributed by atoms with Crippen molar-refractivity contribution in [2.75, 3.05) is 29.3 Å². The first-order valence-corrected chi connectivity index (χ1v) is 7.23. The van der Waals surface area contributed by atoms with Crippen LogP contribution in [0, 0.1) is 6.92 Å². The molecule has 0 aliphatic heterocycles. The van der Waals surface area contributed by atoms with Gasteiger partial charge in [-0.2, -0.15) is 11.8 Å². The van der Waals surface area contributed by atoms with E-state index in [0.717, 1.165) is 35.3 Å². The lowest BCUT2D eigenvalue weighted by atomic mass is 10.3. The highest BCUT2D eigenvalue weighted by atomic mass is 32.2. The second kappa shape index (κ2) is 5.55. The predicted molar refractivity (Wildman–Crippen MR) is 73.4 cm³/mol. The molecule has 1 aliphatic rings. The summed E-state index contributed by atoms with van der Waals surface area (Å²) in [5, 5.41) is 3.34. The number of nitrogens with one attached hydrogen (secondary N) is 2. The van der Waals surface area contributed by atoms with Gasteiger partial charge < -0.3 is 10.7 Å². The maximum Gasteiger partial charge on any atom is 0.148 e. The summed E-state index contributed by atoms with van der Waals surface area (Å²) in [6.07, 6.45) is 4.48. The van der Waals surface area contributed by atoms with Gasteiger partial charge >= 0.3 is 0 Å². The van der Waals surface area contributed by atoms with Crippen LogP contribution < -0.4 is 16.6 Å². The lowest BCUT2D eigenvalue weighted by Crippen LogP contribution is -2.15. The second-order valence-electron chi connectivity index (χ2n) is 4.24. The third kappa shape index (κ3) is 3.01. The smallest absolute Gasteiger partial charge is 0.148 e. The molecule has 0 aromatic carbocycles. The molecule has 6 heteroatoms. The van der Waals surface area contributed by atoms with E-state index in [4.69, 9.17) is 5.84 Å². The lowest BCUT2D eigenvalue weighted by Gasteiger charge is -2.13. The van der Waals surface area contributed by atoms with Crippen LogP contribution in [-0.4, -0.2) is 28.5 Å². The zero-order chi connectivity index (χ0) is 12.3. The molecular formula is C11H19N5S. The van der Waals surface area contributed by atoms with Gasteiger partial charge in [0, 0.05) is 23.8 Å². The van der Waals surface area contributed by atoms with E-state index in [9.17, 15) is 0 Å². The molecule has 0 amide bonds. The Morgan fingerprint density at radius 3 is 2.65 bits per heavy atom. The van der Waals surface area contributed by atoms with Gasteiger partial charge in [-0.05, 0) is 26.0 Å². The van der Waals surface area contributed by atoms with Gasteiger partial charge in [0.2, 0.25) is 0 Å². The fraction of sp³-hybridized carbons (Fsp3) is 0.636. The van der Waals surface area contributed by atoms with Crippen LogP contribution in [0.5, 0.6) is 0 Å². The highest BCUT2D eigenvalue weighted by Gasteiger charge is 2.28. The van der Waals surface area contributed by atoms with E-state index in [0.29, 0.717) is 5.92 Å². The molecule has 2 rings (SSSR count). The zero-order valence-electron chi connectivity index (χ0n) is 10.3. The number of anilines is 2. The Kier molecular flexibility index (Phi) is 4.06. The lowest BCUT2D eigenvalue weighted by molar-refractivity contribution is 0.914. The van der Waals surface area contributed by atoms with E-state index in [-0.39, 0.29) is 0 Å². The van der Waals surface area contributed by atoms with Crippen LogP contribution in [0.2, 0.25) is 0 Å². The minimum Gasteiger partial charge on any atom is -0.369 e. The van der Waals surface area contributed by atoms with Crippen molar-refractivity contribution in [1.82, 2.24) is 9.97 Å². The molecule has 1 aliphatic carbocycles. The highest BCUT2D eigenvalue weighted by molar-refractivity contribution is 7.98. The molecule has 17 heavy (non-hydrogen) atoms. The number of aromatic nitrogens is 2. The number of nitrogens with two attached hydrogens (primary N) is 1. The topological polar surface area (TPSA) is 75.9 Å². The molecule has 0 spiro atoms. The Morgan fingerprint density at radius 2 is 2.06 bits per heavy atom. The van der Waals surface area contributed by atoms with Gasteiger partial charge in [0.1, 0.15) is 17.5 Å². The van der Waals surface area contributed by atoms with Gasteiger partial charge in [0.25, 0.3) is 0 Å². The molecule has 0 bridgehead atoms. The molecular weight excluding hydrogens is 234 g/mol. The van der Waals surface area contributed by atoms with Crippen LogP contribution in [0.15, 0.2) is 0 Å². The van der Waals surface area contributed by atoms with Gasteiger partial charge in [-0.1, -0.05) is 0 Å². The Hall–Kier alpha value is -1.01. The Labute approximate surface area is 106 Å². The molecule has 1 heterocycles. The maximum absolute atomic E-state index is 5.49. The summed E-state index contributed by atoms with van der Waals surface area (Å²) in [5.74, 6) is 9.63. The van der Waals surface area contributed by atoms with Gasteiger partial charge in [0.05, 0.1) is 0 Å². The fourth-order valence-corrected chi connectivity index (χ4v) is 1.95. The molecule has 1 saturated carbocycles. The molecule has 94 valence electrons. The number of rotatable bonds is 6. The normalized spacial score (nSPS) is 14.8. The van der Waals surface area contributed by atoms with Crippen molar-refractivity contribution >= 4 is 23.4 Å². The first-order chi connectivity index (χ1) is 8.26. The molecule has 0 saturated heterocycles. The Bertz CT molecular complexity index is 392. The summed E-state index contributed by atoms with van der Waals surface area (Å²) in [4.78, 5) is 9.04. The first-order valence-electron chi connectivity index (χ1n) is 5.84. The van der Waals surface area contributed by atoms with Crippen molar-refractivity contribution in [3.8, 4) is 0 Å². The van der Waals surface area contributed by atoms with Crippen LogP contribution in [0.1, 0.15) is 30.1 Å². The zero-order valence-corrected chi connectivity index (χ0v) is 11.1. The molecule has 5 nitrogen and oxygen atoms in total. The van der Waals surface area contributed by atoms with Crippen molar-refractivity contribution in [2.45, 2.75) is 25.7 Å². The molecule has 0 atom stereocenters. The SMILES string of the molecule is CSCCNc1nc(C2CC2)nc(NN)c1C. The molecule has 1 aromatic rings. The number of nitrogens with zero attached hydrogens (tertiary/aromatic N) is 2. The van der Waals surface area contributed by atoms with Crippen molar-refractivity contribution in [3.63, 3.8) is 0 Å². The third-order valence-electron chi connectivity index (χ3n) is 2.84. The predicted octanol–water partition coefficient (Wildman–Crippen LogP) is 1.72. The van der Waals surface area contributed by atoms with Gasteiger partial charge in [-0.25, -0.2) is 15.8 Å². The number of hydrazine groups is 1. The van der Waals surface area contributed by atoms with Crippen LogP contribution in [0.3, 0.4) is 0 Å². The molecule has 1 aromatic heterocycles. The number of hydrogen-bond donors (Lipinski definition) is 3. The summed E-state index contributed by atoms with van der Waals surface area (Å²) in [6.45, 7) is 2.89. The highest BCUT2D eigenvalue weighted by Crippen LogP contribution is 2.39. The summed E-state index contributed by atoms with van der Waals surface area (Å²) in [5.41, 5.74) is 3.64. The Balaban J connectivity index is 2.18. The molecule has 4 N–H and O–H groups in total. The summed E-state index contributed by atoms with van der Waals surface area (Å²) < 4.78 is 0. The van der Waals surface area contributed by atoms with Crippen molar-refractivity contribution in [2.24, 2.45) is 5.84 Å². The summed E-state index contributed by atoms with van der Waals surface area (Å²) in [6, 6.07) is 0. The van der Waals surface area contributed by atoms with Gasteiger partial charge in [0.15, 0.2) is 0 Å². The minimum atomic E-state index is 0.531. The fourth-order valence-electron chi connectivity index (χ4n) is 1.64. The van der Waals surface area contributed by atoms with E-state index in [1.807, 2.05) is 18.7 Å². The van der Waals surface area contributed by atoms with E-state index >= 15 is 0 Å². The largest absolute Gasteiger partial charge is 0.369 e. The van der Waals surface area contributed by atoms with Crippen molar-refractivity contribution in [3.05, 3.63) is 11.4 Å². The average molecular weight is 253 g/mol. The second-order valence-corrected chi connectivity index (χ2v) is 5.23. The van der Waals surface area contributed by atoms with Crippen LogP contribution >= 0.6 is 11.8 Å². The van der Waals surface area contributed by atoms with Crippen molar-refractivity contribution in [1.29, 1.82) is 0 Å². The summed E-state index contributed by atoms with van der Waals surface area (Å²) in [7, 11) is 0. The maximum atomic E-state index is 5.49. The van der Waals surface area contributed by atoms with E-state index in [1.54, 1.807) is 0 Å². The molecule has 0 unspecified atom stereocenters. The standard InChI is InChI=1S/C11H19N5S/c1-7-9(13-5-6-17-2)14-11(8-3-4-8)15-10(7)16-12/h8H,3-6,12H2,1-2H3,(H2,13,14,15,16). The molecule has 0 radical (unpaired) electrons. The minimum absolute atomic E-state index is 0.531. The third-order valence-corrected chi connectivity index (χ3v) is 3.45. The van der Waals surface area contributed by atoms with E-state index in [1.165, 1.54) is 12.8 Å². The monoisotopic (exact) mass is 253 g/mol. The van der Waals surface area contributed by atoms with E-state index < -0.39 is 0 Å². The molecule has 1 fully saturated rings.